The summed E-state index contributed by atoms with van der Waals surface area (Å²) >= 11 is 0. The molecule has 7 heteroatoms. The molecule has 1 amide bonds. The lowest BCUT2D eigenvalue weighted by molar-refractivity contribution is -0.142. The van der Waals surface area contributed by atoms with Gasteiger partial charge in [0.15, 0.2) is 0 Å². The summed E-state index contributed by atoms with van der Waals surface area (Å²) in [6.45, 7) is 3.79. The van der Waals surface area contributed by atoms with E-state index in [9.17, 15) is 14.8 Å². The van der Waals surface area contributed by atoms with Crippen molar-refractivity contribution in [2.24, 2.45) is 47.2 Å². The van der Waals surface area contributed by atoms with E-state index in [-0.39, 0.29) is 11.7 Å². The van der Waals surface area contributed by atoms with Gasteiger partial charge in [-0.15, -0.1) is 0 Å². The number of likely N-dealkylation sites (tertiary alicyclic amines) is 1. The third-order valence-corrected chi connectivity index (χ3v) is 12.1. The Balaban J connectivity index is 1.11. The minimum Gasteiger partial charge on any atom is -0.427 e. The Morgan fingerprint density at radius 2 is 1.58 bits per heavy atom. The fourth-order valence-corrected chi connectivity index (χ4v) is 9.82. The van der Waals surface area contributed by atoms with Crippen molar-refractivity contribution in [2.75, 3.05) is 33.2 Å². The summed E-state index contributed by atoms with van der Waals surface area (Å²) in [6, 6.07) is 0.576. The molecule has 4 N–H and O–H groups in total. The van der Waals surface area contributed by atoms with Crippen LogP contribution in [0, 0.1) is 41.4 Å². The number of hydrogen-bond acceptors (Lipinski definition) is 5. The minimum atomic E-state index is -1.18. The summed E-state index contributed by atoms with van der Waals surface area (Å²) < 4.78 is 0. The van der Waals surface area contributed by atoms with Crippen LogP contribution in [0.5, 0.6) is 0 Å². The Kier molecular flexibility index (Phi) is 10.2. The maximum atomic E-state index is 13.8. The van der Waals surface area contributed by atoms with E-state index in [2.05, 4.69) is 16.8 Å². The molecule has 8 unspecified atom stereocenters. The highest BCUT2D eigenvalue weighted by molar-refractivity contribution is 6.43. The van der Waals surface area contributed by atoms with Crippen molar-refractivity contribution in [2.45, 2.75) is 115 Å². The molecule has 0 aromatic carbocycles. The number of fused-ring (bicyclic) bond motifs is 1. The van der Waals surface area contributed by atoms with Gasteiger partial charge in [-0.05, 0) is 113 Å². The Morgan fingerprint density at radius 3 is 2.34 bits per heavy atom. The third-order valence-electron chi connectivity index (χ3n) is 12.1. The molecule has 0 radical (unpaired) electrons. The maximum absolute atomic E-state index is 13.8. The number of rotatable bonds is 7. The van der Waals surface area contributed by atoms with Crippen molar-refractivity contribution >= 4 is 13.0 Å². The van der Waals surface area contributed by atoms with E-state index in [4.69, 9.17) is 5.73 Å². The molecule has 1 saturated heterocycles. The first-order valence-corrected chi connectivity index (χ1v) is 16.5. The van der Waals surface area contributed by atoms with Crippen LogP contribution in [0.2, 0.25) is 5.82 Å². The molecule has 0 aromatic rings. The van der Waals surface area contributed by atoms with Crippen LogP contribution in [-0.4, -0.2) is 72.1 Å². The zero-order chi connectivity index (χ0) is 26.6. The van der Waals surface area contributed by atoms with Crippen molar-refractivity contribution in [1.82, 2.24) is 9.80 Å². The van der Waals surface area contributed by atoms with Crippen molar-refractivity contribution in [3.63, 3.8) is 0 Å². The molecule has 0 aromatic heterocycles. The number of piperidine rings is 1. The molecule has 5 rings (SSSR count). The normalized spacial score (nSPS) is 39.1. The lowest BCUT2D eigenvalue weighted by atomic mass is 9.59. The SMILES string of the molecule is CN(CC1CCCCC1B(O)O)C1CCC2C(CCCC2C(=O)N2CCC(C3CCCC(CN)C3)CC2)C1. The molecular weight excluding hydrogens is 473 g/mol. The summed E-state index contributed by atoms with van der Waals surface area (Å²) in [7, 11) is 1.09. The lowest BCUT2D eigenvalue weighted by Gasteiger charge is -2.48. The highest BCUT2D eigenvalue weighted by Crippen LogP contribution is 2.47. The highest BCUT2D eigenvalue weighted by Gasteiger charge is 2.44. The van der Waals surface area contributed by atoms with Crippen LogP contribution in [0.4, 0.5) is 0 Å². The second-order valence-corrected chi connectivity index (χ2v) is 14.2. The molecule has 38 heavy (non-hydrogen) atoms. The quantitative estimate of drug-likeness (QED) is 0.422. The summed E-state index contributed by atoms with van der Waals surface area (Å²) in [5.74, 6) is 4.78. The van der Waals surface area contributed by atoms with Crippen LogP contribution in [0.15, 0.2) is 0 Å². The van der Waals surface area contributed by atoms with Crippen LogP contribution in [0.3, 0.4) is 0 Å². The monoisotopic (exact) mass is 529 g/mol. The second kappa shape index (κ2) is 13.4. The van der Waals surface area contributed by atoms with Gasteiger partial charge in [0.25, 0.3) is 0 Å². The third kappa shape index (κ3) is 6.63. The Hall–Kier alpha value is -0.625. The molecule has 4 aliphatic carbocycles. The molecule has 0 bridgehead atoms. The van der Waals surface area contributed by atoms with Crippen LogP contribution in [0.25, 0.3) is 0 Å². The fraction of sp³-hybridized carbons (Fsp3) is 0.968. The topological polar surface area (TPSA) is 90.0 Å². The van der Waals surface area contributed by atoms with Gasteiger partial charge in [0.05, 0.1) is 0 Å². The van der Waals surface area contributed by atoms with Crippen molar-refractivity contribution in [1.29, 1.82) is 0 Å². The highest BCUT2D eigenvalue weighted by atomic mass is 16.4. The van der Waals surface area contributed by atoms with Gasteiger partial charge in [-0.25, -0.2) is 0 Å². The van der Waals surface area contributed by atoms with Gasteiger partial charge >= 0.3 is 7.12 Å². The zero-order valence-electron chi connectivity index (χ0n) is 24.2. The molecule has 5 fully saturated rings. The number of hydrogen-bond donors (Lipinski definition) is 3. The van der Waals surface area contributed by atoms with Gasteiger partial charge in [0.1, 0.15) is 0 Å². The lowest BCUT2D eigenvalue weighted by Crippen LogP contribution is -2.50. The van der Waals surface area contributed by atoms with Gasteiger partial charge in [0, 0.05) is 31.6 Å². The number of nitrogens with zero attached hydrogens (tertiary/aromatic N) is 2. The van der Waals surface area contributed by atoms with E-state index >= 15 is 0 Å². The van der Waals surface area contributed by atoms with E-state index in [1.54, 1.807) is 0 Å². The Bertz CT molecular complexity index is 761. The largest absolute Gasteiger partial charge is 0.455 e. The molecule has 1 heterocycles. The molecule has 0 spiro atoms. The standard InChI is InChI=1S/C31H56BN3O3/c1-34(21-26-7-2-3-11-30(26)32(37)38)27-12-13-28-25(19-27)9-5-10-29(28)31(36)35-16-14-23(15-17-35)24-8-4-6-22(18-24)20-33/h22-30,37-38H,2-21,33H2,1H3. The van der Waals surface area contributed by atoms with Crippen LogP contribution in [-0.2, 0) is 4.79 Å². The number of amides is 1. The van der Waals surface area contributed by atoms with Crippen molar-refractivity contribution < 1.29 is 14.8 Å². The number of nitrogens with two attached hydrogens (primary N) is 1. The van der Waals surface area contributed by atoms with Crippen molar-refractivity contribution in [3.05, 3.63) is 0 Å². The maximum Gasteiger partial charge on any atom is 0.455 e. The van der Waals surface area contributed by atoms with Crippen molar-refractivity contribution in [3.8, 4) is 0 Å². The number of carbonyl (C=O) groups excluding carboxylic acids is 1. The number of carbonyl (C=O) groups is 1. The predicted octanol–water partition coefficient (Wildman–Crippen LogP) is 4.54. The fourth-order valence-electron chi connectivity index (χ4n) is 9.82. The Morgan fingerprint density at radius 1 is 0.842 bits per heavy atom. The molecule has 6 nitrogen and oxygen atoms in total. The van der Waals surface area contributed by atoms with Crippen LogP contribution in [0.1, 0.15) is 103 Å². The average Bonchev–Trinajstić information content (AvgIpc) is 2.96. The van der Waals surface area contributed by atoms with Gasteiger partial charge in [-0.2, -0.15) is 0 Å². The van der Waals surface area contributed by atoms with Gasteiger partial charge in [-0.1, -0.05) is 44.9 Å². The smallest absolute Gasteiger partial charge is 0.427 e. The van der Waals surface area contributed by atoms with E-state index < -0.39 is 7.12 Å². The zero-order valence-corrected chi connectivity index (χ0v) is 24.2. The molecule has 8 atom stereocenters. The van der Waals surface area contributed by atoms with Gasteiger partial charge < -0.3 is 25.6 Å². The first-order valence-electron chi connectivity index (χ1n) is 16.5. The van der Waals surface area contributed by atoms with Gasteiger partial charge in [0.2, 0.25) is 5.91 Å². The van der Waals surface area contributed by atoms with E-state index in [0.717, 1.165) is 69.6 Å². The molecule has 4 saturated carbocycles. The van der Waals surface area contributed by atoms with Gasteiger partial charge in [-0.3, -0.25) is 4.79 Å². The van der Waals surface area contributed by atoms with Crippen LogP contribution < -0.4 is 5.73 Å². The summed E-state index contributed by atoms with van der Waals surface area (Å²) in [4.78, 5) is 18.6. The molecule has 1 aliphatic heterocycles. The van der Waals surface area contributed by atoms with E-state index in [0.29, 0.717) is 29.7 Å². The first-order chi connectivity index (χ1) is 18.4. The average molecular weight is 530 g/mol. The first kappa shape index (κ1) is 28.9. The Labute approximate surface area is 232 Å². The summed E-state index contributed by atoms with van der Waals surface area (Å²) in [5, 5.41) is 19.8. The molecule has 5 aliphatic rings. The minimum absolute atomic E-state index is 0.0311. The molecular formula is C31H56BN3O3. The van der Waals surface area contributed by atoms with Crippen LogP contribution >= 0.6 is 0 Å². The summed E-state index contributed by atoms with van der Waals surface area (Å²) in [5.41, 5.74) is 6.00. The second-order valence-electron chi connectivity index (χ2n) is 14.2. The van der Waals surface area contributed by atoms with E-state index in [1.165, 1.54) is 77.0 Å². The van der Waals surface area contributed by atoms with E-state index in [1.807, 2.05) is 0 Å². The molecule has 216 valence electrons. The predicted molar refractivity (Wildman–Crippen MR) is 154 cm³/mol. The summed E-state index contributed by atoms with van der Waals surface area (Å²) in [6.07, 6.45) is 19.3.